The zero-order valence-corrected chi connectivity index (χ0v) is 25.0. The quantitative estimate of drug-likeness (QED) is 0.147. The third-order valence-electron chi connectivity index (χ3n) is 6.61. The zero-order chi connectivity index (χ0) is 31.5. The molecule has 4 N–H and O–H groups in total. The number of nitrogens with zero attached hydrogens (tertiary/aromatic N) is 2. The summed E-state index contributed by atoms with van der Waals surface area (Å²) in [6, 6.07) is 15.6. The van der Waals surface area contributed by atoms with E-state index >= 15 is 4.39 Å². The molecule has 0 bridgehead atoms. The van der Waals surface area contributed by atoms with Gasteiger partial charge in [0.25, 0.3) is 5.91 Å². The number of rotatable bonds is 12. The maximum Gasteiger partial charge on any atom is 0.323 e. The van der Waals surface area contributed by atoms with Crippen LogP contribution in [0.15, 0.2) is 73.1 Å². The summed E-state index contributed by atoms with van der Waals surface area (Å²) in [6.07, 6.45) is 5.34. The second-order valence-electron chi connectivity index (χ2n) is 9.85. The van der Waals surface area contributed by atoms with Gasteiger partial charge in [-0.05, 0) is 73.5 Å². The molecule has 0 saturated carbocycles. The summed E-state index contributed by atoms with van der Waals surface area (Å²) in [5.74, 6) is -0.501. The molecule has 228 valence electrons. The number of hydrogen-bond donors (Lipinski definition) is 4. The number of hydrogen-bond acceptors (Lipinski definition) is 7. The Bertz CT molecular complexity index is 1640. The third-order valence-corrected chi connectivity index (χ3v) is 6.61. The van der Waals surface area contributed by atoms with E-state index < -0.39 is 11.8 Å². The minimum Gasteiger partial charge on any atom is -0.454 e. The number of halogens is 1. The van der Waals surface area contributed by atoms with E-state index in [1.165, 1.54) is 31.3 Å². The van der Waals surface area contributed by atoms with E-state index in [1.807, 2.05) is 38.3 Å². The molecular formula is C33H35FN6O4. The van der Waals surface area contributed by atoms with Gasteiger partial charge in [-0.15, -0.1) is 0 Å². The Morgan fingerprint density at radius 3 is 2.48 bits per heavy atom. The average molecular weight is 599 g/mol. The van der Waals surface area contributed by atoms with E-state index in [1.54, 1.807) is 37.6 Å². The highest BCUT2D eigenvalue weighted by atomic mass is 19.1. The van der Waals surface area contributed by atoms with Crippen LogP contribution in [0.4, 0.5) is 20.6 Å². The van der Waals surface area contributed by atoms with Gasteiger partial charge in [0, 0.05) is 68.2 Å². The van der Waals surface area contributed by atoms with Crippen molar-refractivity contribution in [1.82, 2.24) is 20.6 Å². The number of urea groups is 1. The van der Waals surface area contributed by atoms with Crippen LogP contribution in [0.3, 0.4) is 0 Å². The van der Waals surface area contributed by atoms with Crippen LogP contribution < -0.4 is 26.0 Å². The number of aromatic nitrogens is 2. The molecule has 0 aliphatic carbocycles. The van der Waals surface area contributed by atoms with E-state index in [0.29, 0.717) is 35.8 Å². The number of methoxy groups -OCH3 is 1. The summed E-state index contributed by atoms with van der Waals surface area (Å²) in [6.45, 7) is 5.92. The minimum absolute atomic E-state index is 0.00782. The van der Waals surface area contributed by atoms with E-state index in [4.69, 9.17) is 9.47 Å². The summed E-state index contributed by atoms with van der Waals surface area (Å²) in [5.41, 5.74) is 5.23. The van der Waals surface area contributed by atoms with Crippen molar-refractivity contribution in [3.05, 3.63) is 107 Å². The SMILES string of the molecule is CNC(=O)c1cccc(NC(=O)Nc2ccc(Oc3ccnc(/C=C(\C)c4ccc(CNCCOC)cn4)c3C)c(F)c2)c1. The Balaban J connectivity index is 1.40. The first-order valence-electron chi connectivity index (χ1n) is 13.9. The van der Waals surface area contributed by atoms with Crippen molar-refractivity contribution in [2.24, 2.45) is 0 Å². The Labute approximate surface area is 255 Å². The maximum absolute atomic E-state index is 15.0. The first-order valence-corrected chi connectivity index (χ1v) is 13.9. The standard InChI is InChI=1S/C33H35FN6O4/c1-21(28-10-8-23(20-38-28)19-36-14-15-43-4)16-29-22(2)30(12-13-37-29)44-31-11-9-26(18-27(31)34)40-33(42)39-25-7-5-6-24(17-25)32(41)35-3/h5-13,16-18,20,36H,14-15,19H2,1-4H3,(H,35,41)(H2,39,40,42)/b21-16+. The van der Waals surface area contributed by atoms with Gasteiger partial charge >= 0.3 is 6.03 Å². The minimum atomic E-state index is -0.658. The summed E-state index contributed by atoms with van der Waals surface area (Å²) < 4.78 is 26.0. The van der Waals surface area contributed by atoms with Crippen molar-refractivity contribution in [2.45, 2.75) is 20.4 Å². The van der Waals surface area contributed by atoms with Crippen LogP contribution in [-0.2, 0) is 11.3 Å². The van der Waals surface area contributed by atoms with Gasteiger partial charge in [-0.2, -0.15) is 0 Å². The zero-order valence-electron chi connectivity index (χ0n) is 25.0. The second-order valence-corrected chi connectivity index (χ2v) is 9.85. The fourth-order valence-electron chi connectivity index (χ4n) is 4.19. The van der Waals surface area contributed by atoms with E-state index in [2.05, 4.69) is 31.2 Å². The van der Waals surface area contributed by atoms with Crippen LogP contribution in [0.25, 0.3) is 11.6 Å². The summed E-state index contributed by atoms with van der Waals surface area (Å²) in [4.78, 5) is 33.3. The number of amides is 3. The summed E-state index contributed by atoms with van der Waals surface area (Å²) in [7, 11) is 3.19. The topological polar surface area (TPSA) is 127 Å². The Hall–Kier alpha value is -5.13. The average Bonchev–Trinajstić information content (AvgIpc) is 3.02. The monoisotopic (exact) mass is 598 g/mol. The molecular weight excluding hydrogens is 563 g/mol. The highest BCUT2D eigenvalue weighted by Gasteiger charge is 2.13. The van der Waals surface area contributed by atoms with Crippen molar-refractivity contribution in [1.29, 1.82) is 0 Å². The molecule has 0 spiro atoms. The summed E-state index contributed by atoms with van der Waals surface area (Å²) >= 11 is 0. The van der Waals surface area contributed by atoms with Crippen molar-refractivity contribution in [3.63, 3.8) is 0 Å². The maximum atomic E-state index is 15.0. The number of carbonyl (C=O) groups is 2. The molecule has 10 nitrogen and oxygen atoms in total. The molecule has 2 aromatic carbocycles. The van der Waals surface area contributed by atoms with Gasteiger partial charge in [0.15, 0.2) is 11.6 Å². The lowest BCUT2D eigenvalue weighted by Crippen LogP contribution is -2.21. The lowest BCUT2D eigenvalue weighted by molar-refractivity contribution is 0.0963. The molecule has 3 amide bonds. The smallest absolute Gasteiger partial charge is 0.323 e. The number of ether oxygens (including phenoxy) is 2. The van der Waals surface area contributed by atoms with Gasteiger partial charge in [-0.25, -0.2) is 9.18 Å². The molecule has 4 aromatic rings. The van der Waals surface area contributed by atoms with Crippen molar-refractivity contribution in [2.75, 3.05) is 37.9 Å². The predicted octanol–water partition coefficient (Wildman–Crippen LogP) is 6.02. The number of nitrogens with one attached hydrogen (secondary N) is 4. The molecule has 2 heterocycles. The van der Waals surface area contributed by atoms with Crippen LogP contribution in [0.2, 0.25) is 0 Å². The van der Waals surface area contributed by atoms with Gasteiger partial charge in [0.05, 0.1) is 18.0 Å². The first-order chi connectivity index (χ1) is 21.3. The number of pyridine rings is 2. The van der Waals surface area contributed by atoms with E-state index in [-0.39, 0.29) is 17.3 Å². The molecule has 11 heteroatoms. The van der Waals surface area contributed by atoms with Crippen LogP contribution in [0.5, 0.6) is 11.5 Å². The molecule has 0 unspecified atom stereocenters. The first kappa shape index (κ1) is 31.8. The Morgan fingerprint density at radius 1 is 0.977 bits per heavy atom. The van der Waals surface area contributed by atoms with Crippen LogP contribution in [0, 0.1) is 12.7 Å². The van der Waals surface area contributed by atoms with Gasteiger partial charge < -0.3 is 30.7 Å². The van der Waals surface area contributed by atoms with Gasteiger partial charge in [0.2, 0.25) is 0 Å². The summed E-state index contributed by atoms with van der Waals surface area (Å²) in [5, 5.41) is 11.0. The van der Waals surface area contributed by atoms with Crippen molar-refractivity contribution < 1.29 is 23.5 Å². The number of allylic oxidation sites excluding steroid dienone is 1. The highest BCUT2D eigenvalue weighted by molar-refractivity contribution is 6.01. The highest BCUT2D eigenvalue weighted by Crippen LogP contribution is 2.31. The molecule has 0 atom stereocenters. The van der Waals surface area contributed by atoms with Crippen LogP contribution in [0.1, 0.15) is 39.8 Å². The number of anilines is 2. The fraction of sp³-hybridized carbons (Fsp3) is 0.212. The van der Waals surface area contributed by atoms with E-state index in [9.17, 15) is 9.59 Å². The molecule has 0 radical (unpaired) electrons. The Morgan fingerprint density at radius 2 is 1.77 bits per heavy atom. The van der Waals surface area contributed by atoms with Gasteiger partial charge in [-0.3, -0.25) is 14.8 Å². The molecule has 0 aliphatic heterocycles. The molecule has 44 heavy (non-hydrogen) atoms. The molecule has 2 aromatic heterocycles. The van der Waals surface area contributed by atoms with E-state index in [0.717, 1.165) is 28.9 Å². The van der Waals surface area contributed by atoms with Gasteiger partial charge in [0.1, 0.15) is 5.75 Å². The van der Waals surface area contributed by atoms with Crippen molar-refractivity contribution in [3.8, 4) is 11.5 Å². The molecule has 0 fully saturated rings. The normalized spacial score (nSPS) is 11.2. The van der Waals surface area contributed by atoms with Gasteiger partial charge in [-0.1, -0.05) is 12.1 Å². The molecule has 0 saturated heterocycles. The predicted molar refractivity (Wildman–Crippen MR) is 169 cm³/mol. The lowest BCUT2D eigenvalue weighted by Gasteiger charge is -2.13. The second kappa shape index (κ2) is 15.4. The molecule has 0 aliphatic rings. The third kappa shape index (κ3) is 8.69. The van der Waals surface area contributed by atoms with Crippen LogP contribution >= 0.6 is 0 Å². The number of benzene rings is 2. The van der Waals surface area contributed by atoms with Crippen molar-refractivity contribution >= 4 is 35.0 Å². The fourth-order valence-corrected chi connectivity index (χ4v) is 4.19. The Kier molecular flexibility index (Phi) is 11.1. The molecule has 4 rings (SSSR count). The number of carbonyl (C=O) groups excluding carboxylic acids is 2. The van der Waals surface area contributed by atoms with Crippen LogP contribution in [-0.4, -0.2) is 49.2 Å². The largest absolute Gasteiger partial charge is 0.454 e. The lowest BCUT2D eigenvalue weighted by atomic mass is 10.1.